The Morgan fingerprint density at radius 3 is 2.58 bits per heavy atom. The molecule has 1 aromatic heterocycles. The van der Waals surface area contributed by atoms with E-state index in [-0.39, 0.29) is 24.6 Å². The van der Waals surface area contributed by atoms with Gasteiger partial charge in [0.15, 0.2) is 0 Å². The number of nitrogens with one attached hydrogen (secondary N) is 2. The van der Waals surface area contributed by atoms with E-state index in [1.54, 1.807) is 4.90 Å². The number of anilines is 1. The first-order valence-electron chi connectivity index (χ1n) is 10.3. The number of aromatic nitrogens is 2. The molecular formula is C22H30ClN5O3. The first-order valence-corrected chi connectivity index (χ1v) is 10.7. The van der Waals surface area contributed by atoms with E-state index in [9.17, 15) is 9.59 Å². The molecule has 0 radical (unpaired) electrons. The quantitative estimate of drug-likeness (QED) is 0.741. The molecule has 1 fully saturated rings. The number of aryl methyl sites for hydroxylation is 2. The summed E-state index contributed by atoms with van der Waals surface area (Å²) in [5, 5.41) is 10.5. The lowest BCUT2D eigenvalue weighted by Gasteiger charge is -2.41. The second-order valence-electron chi connectivity index (χ2n) is 8.79. The molecule has 168 valence electrons. The van der Waals surface area contributed by atoms with Crippen molar-refractivity contribution >= 4 is 29.3 Å². The van der Waals surface area contributed by atoms with Crippen LogP contribution in [0.3, 0.4) is 0 Å². The fraction of sp³-hybridized carbons (Fsp3) is 0.500. The summed E-state index contributed by atoms with van der Waals surface area (Å²) in [6, 6.07) is 7.29. The standard InChI is InChI=1S/C22H30ClN5O3/c1-14-20(15(2)26-25-14)24-19(29)13-27-10-11-28(21(30)31-22(3,4)5)12-18(27)16-8-6-7-9-17(16)23/h6-9,18H,10-13H2,1-5H3,(H,24,29)(H,25,26)/t18-/m1/s1. The topological polar surface area (TPSA) is 90.6 Å². The van der Waals surface area contributed by atoms with Gasteiger partial charge in [0.25, 0.3) is 0 Å². The minimum absolute atomic E-state index is 0.143. The predicted molar refractivity (Wildman–Crippen MR) is 120 cm³/mol. The molecule has 2 aromatic rings. The number of benzene rings is 1. The van der Waals surface area contributed by atoms with Crippen LogP contribution in [0.1, 0.15) is 43.8 Å². The van der Waals surface area contributed by atoms with Crippen LogP contribution in [-0.2, 0) is 9.53 Å². The second-order valence-corrected chi connectivity index (χ2v) is 9.20. The molecule has 0 bridgehead atoms. The van der Waals surface area contributed by atoms with Crippen LogP contribution in [0, 0.1) is 13.8 Å². The molecule has 1 saturated heterocycles. The number of amides is 2. The van der Waals surface area contributed by atoms with Gasteiger partial charge in [-0.05, 0) is 46.2 Å². The van der Waals surface area contributed by atoms with Crippen LogP contribution in [0.2, 0.25) is 5.02 Å². The zero-order valence-electron chi connectivity index (χ0n) is 18.7. The molecule has 2 amide bonds. The summed E-state index contributed by atoms with van der Waals surface area (Å²) in [7, 11) is 0. The van der Waals surface area contributed by atoms with Crippen molar-refractivity contribution in [3.8, 4) is 0 Å². The number of carbonyl (C=O) groups is 2. The Labute approximate surface area is 187 Å². The van der Waals surface area contributed by atoms with Crippen molar-refractivity contribution < 1.29 is 14.3 Å². The Kier molecular flexibility index (Phi) is 6.91. The van der Waals surface area contributed by atoms with E-state index in [0.717, 1.165) is 17.0 Å². The third-order valence-corrected chi connectivity index (χ3v) is 5.49. The molecule has 9 heteroatoms. The van der Waals surface area contributed by atoms with Crippen LogP contribution in [0.4, 0.5) is 10.5 Å². The summed E-state index contributed by atoms with van der Waals surface area (Å²) in [4.78, 5) is 29.2. The molecule has 2 heterocycles. The lowest BCUT2D eigenvalue weighted by molar-refractivity contribution is -0.118. The Morgan fingerprint density at radius 2 is 1.97 bits per heavy atom. The number of rotatable bonds is 4. The van der Waals surface area contributed by atoms with Gasteiger partial charge in [0, 0.05) is 24.7 Å². The van der Waals surface area contributed by atoms with Crippen molar-refractivity contribution in [1.29, 1.82) is 0 Å². The normalized spacial score (nSPS) is 17.5. The number of hydrogen-bond acceptors (Lipinski definition) is 5. The highest BCUT2D eigenvalue weighted by atomic mass is 35.5. The van der Waals surface area contributed by atoms with Crippen molar-refractivity contribution in [2.75, 3.05) is 31.5 Å². The largest absolute Gasteiger partial charge is 0.444 e. The highest BCUT2D eigenvalue weighted by molar-refractivity contribution is 6.31. The van der Waals surface area contributed by atoms with Gasteiger partial charge in [-0.15, -0.1) is 0 Å². The third-order valence-electron chi connectivity index (χ3n) is 5.15. The highest BCUT2D eigenvalue weighted by Crippen LogP contribution is 2.31. The van der Waals surface area contributed by atoms with Gasteiger partial charge >= 0.3 is 6.09 Å². The fourth-order valence-corrected chi connectivity index (χ4v) is 3.90. The van der Waals surface area contributed by atoms with Crippen molar-refractivity contribution in [2.45, 2.75) is 46.3 Å². The number of aromatic amines is 1. The van der Waals surface area contributed by atoms with Crippen LogP contribution >= 0.6 is 11.6 Å². The smallest absolute Gasteiger partial charge is 0.410 e. The van der Waals surface area contributed by atoms with E-state index in [1.165, 1.54) is 0 Å². The number of H-pyrrole nitrogens is 1. The van der Waals surface area contributed by atoms with Crippen LogP contribution in [0.25, 0.3) is 0 Å². The van der Waals surface area contributed by atoms with Gasteiger partial charge in [-0.2, -0.15) is 5.10 Å². The maximum Gasteiger partial charge on any atom is 0.410 e. The highest BCUT2D eigenvalue weighted by Gasteiger charge is 2.34. The van der Waals surface area contributed by atoms with E-state index in [0.29, 0.717) is 30.3 Å². The fourth-order valence-electron chi connectivity index (χ4n) is 3.64. The Hall–Kier alpha value is -2.58. The average Bonchev–Trinajstić information content (AvgIpc) is 2.99. The van der Waals surface area contributed by atoms with Gasteiger partial charge in [0.05, 0.1) is 29.7 Å². The third kappa shape index (κ3) is 5.77. The monoisotopic (exact) mass is 447 g/mol. The van der Waals surface area contributed by atoms with Gasteiger partial charge in [0.1, 0.15) is 5.60 Å². The van der Waals surface area contributed by atoms with E-state index in [1.807, 2.05) is 63.8 Å². The summed E-state index contributed by atoms with van der Waals surface area (Å²) in [5.41, 5.74) is 2.55. The number of nitrogens with zero attached hydrogens (tertiary/aromatic N) is 3. The maximum atomic E-state index is 12.8. The van der Waals surface area contributed by atoms with Crippen molar-refractivity contribution in [2.24, 2.45) is 0 Å². The van der Waals surface area contributed by atoms with Crippen LogP contribution in [0.5, 0.6) is 0 Å². The molecule has 8 nitrogen and oxygen atoms in total. The molecule has 0 aliphatic carbocycles. The molecule has 31 heavy (non-hydrogen) atoms. The maximum absolute atomic E-state index is 12.8. The minimum Gasteiger partial charge on any atom is -0.444 e. The molecule has 1 aromatic carbocycles. The molecule has 0 unspecified atom stereocenters. The molecular weight excluding hydrogens is 418 g/mol. The second kappa shape index (κ2) is 9.28. The molecule has 1 aliphatic rings. The Morgan fingerprint density at radius 1 is 1.26 bits per heavy atom. The minimum atomic E-state index is -0.575. The number of carbonyl (C=O) groups excluding carboxylic acids is 2. The van der Waals surface area contributed by atoms with E-state index in [4.69, 9.17) is 16.3 Å². The van der Waals surface area contributed by atoms with Crippen molar-refractivity contribution in [1.82, 2.24) is 20.0 Å². The molecule has 0 saturated carbocycles. The van der Waals surface area contributed by atoms with E-state index < -0.39 is 5.60 Å². The summed E-state index contributed by atoms with van der Waals surface area (Å²) in [5.74, 6) is -0.143. The Bertz CT molecular complexity index is 933. The number of halogens is 1. The molecule has 2 N–H and O–H groups in total. The zero-order chi connectivity index (χ0) is 22.8. The number of hydrogen-bond donors (Lipinski definition) is 2. The first-order chi connectivity index (χ1) is 14.5. The van der Waals surface area contributed by atoms with Crippen molar-refractivity contribution in [3.05, 3.63) is 46.2 Å². The Balaban J connectivity index is 1.78. The van der Waals surface area contributed by atoms with E-state index >= 15 is 0 Å². The van der Waals surface area contributed by atoms with Crippen LogP contribution in [-0.4, -0.2) is 63.8 Å². The van der Waals surface area contributed by atoms with Gasteiger partial charge in [-0.3, -0.25) is 14.8 Å². The number of piperazine rings is 1. The molecule has 3 rings (SSSR count). The van der Waals surface area contributed by atoms with Crippen LogP contribution in [0.15, 0.2) is 24.3 Å². The van der Waals surface area contributed by atoms with Gasteiger partial charge < -0.3 is 15.0 Å². The molecule has 1 aliphatic heterocycles. The predicted octanol–water partition coefficient (Wildman–Crippen LogP) is 3.91. The lowest BCUT2D eigenvalue weighted by Crippen LogP contribution is -2.53. The molecule has 0 spiro atoms. The van der Waals surface area contributed by atoms with Gasteiger partial charge in [-0.25, -0.2) is 4.79 Å². The van der Waals surface area contributed by atoms with Gasteiger partial charge in [-0.1, -0.05) is 29.8 Å². The molecule has 1 atom stereocenters. The first kappa shape index (κ1) is 23.1. The van der Waals surface area contributed by atoms with E-state index in [2.05, 4.69) is 15.5 Å². The summed E-state index contributed by atoms with van der Waals surface area (Å²) in [6.45, 7) is 10.8. The lowest BCUT2D eigenvalue weighted by atomic mass is 10.0. The van der Waals surface area contributed by atoms with Crippen molar-refractivity contribution in [3.63, 3.8) is 0 Å². The summed E-state index contributed by atoms with van der Waals surface area (Å²) >= 11 is 6.48. The summed E-state index contributed by atoms with van der Waals surface area (Å²) < 4.78 is 5.55. The SMILES string of the molecule is Cc1n[nH]c(C)c1NC(=O)CN1CCN(C(=O)OC(C)(C)C)C[C@@H]1c1ccccc1Cl. The zero-order valence-corrected chi connectivity index (χ0v) is 19.4. The number of ether oxygens (including phenoxy) is 1. The summed E-state index contributed by atoms with van der Waals surface area (Å²) in [6.07, 6.45) is -0.363. The van der Waals surface area contributed by atoms with Gasteiger partial charge in [0.2, 0.25) is 5.91 Å². The average molecular weight is 448 g/mol. The van der Waals surface area contributed by atoms with Crippen LogP contribution < -0.4 is 5.32 Å².